The van der Waals surface area contributed by atoms with Crippen molar-refractivity contribution in [2.24, 2.45) is 5.92 Å². The van der Waals surface area contributed by atoms with Crippen LogP contribution in [0, 0.1) is 17.2 Å². The lowest BCUT2D eigenvalue weighted by atomic mass is 10.2. The van der Waals surface area contributed by atoms with E-state index in [0.717, 1.165) is 5.92 Å². The Bertz CT molecular complexity index is 85.2. The summed E-state index contributed by atoms with van der Waals surface area (Å²) in [6.07, 6.45) is 5.95. The molecule has 0 N–H and O–H groups in total. The van der Waals surface area contributed by atoms with Crippen LogP contribution in [-0.2, 0) is 0 Å². The Balaban J connectivity index is 0.000000187. The predicted octanol–water partition coefficient (Wildman–Crippen LogP) is 2.73. The van der Waals surface area contributed by atoms with Crippen LogP contribution in [0.1, 0.15) is 39.5 Å². The standard InChI is InChI=1S/C6H12.C2H3N/c1-6-4-2-3-5-6;1-2-3/h6H,2-5H2,1H3;1H3. The van der Waals surface area contributed by atoms with Gasteiger partial charge in [-0.2, -0.15) is 5.26 Å². The Morgan fingerprint density at radius 3 is 1.78 bits per heavy atom. The number of hydrogen-bond donors (Lipinski definition) is 0. The molecule has 0 aliphatic heterocycles. The first-order chi connectivity index (χ1) is 4.31. The summed E-state index contributed by atoms with van der Waals surface area (Å²) < 4.78 is 0. The summed E-state index contributed by atoms with van der Waals surface area (Å²) in [5.41, 5.74) is 0. The third-order valence-electron chi connectivity index (χ3n) is 1.64. The largest absolute Gasteiger partial charge is 0.199 e. The molecule has 0 spiro atoms. The number of rotatable bonds is 0. The highest BCUT2D eigenvalue weighted by molar-refractivity contribution is 4.60. The Labute approximate surface area is 57.7 Å². The lowest BCUT2D eigenvalue weighted by Gasteiger charge is -1.91. The molecule has 1 aliphatic rings. The molecule has 0 bridgehead atoms. The molecular weight excluding hydrogens is 110 g/mol. The van der Waals surface area contributed by atoms with E-state index in [0.29, 0.717) is 0 Å². The van der Waals surface area contributed by atoms with Crippen LogP contribution in [0.5, 0.6) is 0 Å². The van der Waals surface area contributed by atoms with Gasteiger partial charge in [0, 0.05) is 6.92 Å². The molecule has 0 saturated heterocycles. The average molecular weight is 125 g/mol. The number of hydrogen-bond acceptors (Lipinski definition) is 1. The zero-order chi connectivity index (χ0) is 7.11. The summed E-state index contributed by atoms with van der Waals surface area (Å²) in [5.74, 6) is 1.05. The van der Waals surface area contributed by atoms with Gasteiger partial charge in [-0.3, -0.25) is 0 Å². The lowest BCUT2D eigenvalue weighted by Crippen LogP contribution is -1.78. The second-order valence-electron chi connectivity index (χ2n) is 2.61. The van der Waals surface area contributed by atoms with E-state index >= 15 is 0 Å². The number of nitriles is 1. The molecular formula is C8H15N. The summed E-state index contributed by atoms with van der Waals surface area (Å²) in [4.78, 5) is 0. The van der Waals surface area contributed by atoms with Gasteiger partial charge in [-0.1, -0.05) is 32.6 Å². The average Bonchev–Trinajstić information content (AvgIpc) is 2.20. The van der Waals surface area contributed by atoms with E-state index in [1.165, 1.54) is 32.6 Å². The first kappa shape index (κ1) is 8.49. The Morgan fingerprint density at radius 2 is 1.67 bits per heavy atom. The summed E-state index contributed by atoms with van der Waals surface area (Å²) in [7, 11) is 0. The monoisotopic (exact) mass is 125 g/mol. The van der Waals surface area contributed by atoms with Crippen molar-refractivity contribution in [3.63, 3.8) is 0 Å². The lowest BCUT2D eigenvalue weighted by molar-refractivity contribution is 0.612. The van der Waals surface area contributed by atoms with E-state index in [-0.39, 0.29) is 0 Å². The molecule has 1 rings (SSSR count). The molecule has 0 atom stereocenters. The van der Waals surface area contributed by atoms with Crippen molar-refractivity contribution in [2.75, 3.05) is 0 Å². The Morgan fingerprint density at radius 1 is 1.33 bits per heavy atom. The molecule has 0 aromatic carbocycles. The van der Waals surface area contributed by atoms with Crippen molar-refractivity contribution >= 4 is 0 Å². The van der Waals surface area contributed by atoms with Crippen molar-refractivity contribution in [1.82, 2.24) is 0 Å². The minimum Gasteiger partial charge on any atom is -0.199 e. The van der Waals surface area contributed by atoms with E-state index in [2.05, 4.69) is 6.92 Å². The van der Waals surface area contributed by atoms with Gasteiger partial charge in [0.2, 0.25) is 0 Å². The maximum atomic E-state index is 7.32. The molecule has 0 radical (unpaired) electrons. The van der Waals surface area contributed by atoms with Crippen molar-refractivity contribution in [3.05, 3.63) is 0 Å². The van der Waals surface area contributed by atoms with Gasteiger partial charge in [0.25, 0.3) is 0 Å². The van der Waals surface area contributed by atoms with Gasteiger partial charge in [0.1, 0.15) is 0 Å². The summed E-state index contributed by atoms with van der Waals surface area (Å²) in [6, 6.07) is 1.75. The quantitative estimate of drug-likeness (QED) is 0.488. The molecule has 1 aliphatic carbocycles. The highest BCUT2D eigenvalue weighted by Crippen LogP contribution is 2.22. The van der Waals surface area contributed by atoms with Crippen LogP contribution >= 0.6 is 0 Å². The van der Waals surface area contributed by atoms with Gasteiger partial charge in [-0.15, -0.1) is 0 Å². The van der Waals surface area contributed by atoms with Crippen LogP contribution in [0.4, 0.5) is 0 Å². The first-order valence-electron chi connectivity index (χ1n) is 3.62. The zero-order valence-electron chi connectivity index (χ0n) is 6.35. The summed E-state index contributed by atoms with van der Waals surface area (Å²) in [5, 5.41) is 7.32. The van der Waals surface area contributed by atoms with E-state index in [1.54, 1.807) is 6.07 Å². The summed E-state index contributed by atoms with van der Waals surface area (Å²) >= 11 is 0. The molecule has 9 heavy (non-hydrogen) atoms. The van der Waals surface area contributed by atoms with Crippen LogP contribution < -0.4 is 0 Å². The van der Waals surface area contributed by atoms with Crippen molar-refractivity contribution in [3.8, 4) is 6.07 Å². The maximum absolute atomic E-state index is 7.32. The SMILES string of the molecule is CC#N.CC1CCCC1. The maximum Gasteiger partial charge on any atom is 0.0587 e. The van der Waals surface area contributed by atoms with Crippen molar-refractivity contribution in [2.45, 2.75) is 39.5 Å². The van der Waals surface area contributed by atoms with Gasteiger partial charge in [-0.05, 0) is 5.92 Å². The molecule has 0 heterocycles. The normalized spacial score (nSPS) is 17.9. The van der Waals surface area contributed by atoms with Crippen LogP contribution in [0.25, 0.3) is 0 Å². The van der Waals surface area contributed by atoms with Gasteiger partial charge < -0.3 is 0 Å². The molecule has 0 aromatic rings. The fraction of sp³-hybridized carbons (Fsp3) is 0.875. The van der Waals surface area contributed by atoms with E-state index in [1.807, 2.05) is 0 Å². The molecule has 1 nitrogen and oxygen atoms in total. The second-order valence-corrected chi connectivity index (χ2v) is 2.61. The smallest absolute Gasteiger partial charge is 0.0587 e. The molecule has 1 saturated carbocycles. The number of nitrogens with zero attached hydrogens (tertiary/aromatic N) is 1. The van der Waals surface area contributed by atoms with Gasteiger partial charge in [-0.25, -0.2) is 0 Å². The molecule has 0 aromatic heterocycles. The van der Waals surface area contributed by atoms with Crippen LogP contribution in [0.3, 0.4) is 0 Å². The van der Waals surface area contributed by atoms with E-state index < -0.39 is 0 Å². The minimum absolute atomic E-state index is 1.05. The molecule has 0 amide bonds. The highest BCUT2D eigenvalue weighted by atomic mass is 14.2. The highest BCUT2D eigenvalue weighted by Gasteiger charge is 2.07. The van der Waals surface area contributed by atoms with Crippen LogP contribution in [-0.4, -0.2) is 0 Å². The zero-order valence-corrected chi connectivity index (χ0v) is 6.35. The molecule has 0 unspecified atom stereocenters. The molecule has 1 fully saturated rings. The third-order valence-corrected chi connectivity index (χ3v) is 1.64. The van der Waals surface area contributed by atoms with Gasteiger partial charge in [0.05, 0.1) is 6.07 Å². The third kappa shape index (κ3) is 5.36. The molecule has 52 valence electrons. The topological polar surface area (TPSA) is 23.8 Å². The second kappa shape index (κ2) is 5.62. The van der Waals surface area contributed by atoms with Crippen molar-refractivity contribution < 1.29 is 0 Å². The first-order valence-corrected chi connectivity index (χ1v) is 3.62. The predicted molar refractivity (Wildman–Crippen MR) is 38.9 cm³/mol. The van der Waals surface area contributed by atoms with E-state index in [4.69, 9.17) is 5.26 Å². The van der Waals surface area contributed by atoms with Crippen LogP contribution in [0.15, 0.2) is 0 Å². The van der Waals surface area contributed by atoms with Gasteiger partial charge in [0.15, 0.2) is 0 Å². The van der Waals surface area contributed by atoms with Gasteiger partial charge >= 0.3 is 0 Å². The Hall–Kier alpha value is -0.510. The van der Waals surface area contributed by atoms with Crippen molar-refractivity contribution in [1.29, 1.82) is 5.26 Å². The molecule has 1 heteroatoms. The minimum atomic E-state index is 1.05. The fourth-order valence-electron chi connectivity index (χ4n) is 1.13. The van der Waals surface area contributed by atoms with E-state index in [9.17, 15) is 0 Å². The Kier molecular flexibility index (Phi) is 5.30. The summed E-state index contributed by atoms with van der Waals surface area (Å²) in [6.45, 7) is 3.77. The fourth-order valence-corrected chi connectivity index (χ4v) is 1.13. The van der Waals surface area contributed by atoms with Crippen LogP contribution in [0.2, 0.25) is 0 Å².